The standard InChI is InChI=1S/C11H14N2O2/c1-2-3-11(15)13-9-5-4-8(7-12)6-10(9)14/h2-6,14H,7,12H2,1H3,(H,13,15)/b3-2+. The van der Waals surface area contributed by atoms with Crippen LogP contribution in [0.1, 0.15) is 12.5 Å². The molecule has 0 fully saturated rings. The Bertz CT molecular complexity index is 386. The number of aromatic hydroxyl groups is 1. The smallest absolute Gasteiger partial charge is 0.248 e. The maximum Gasteiger partial charge on any atom is 0.248 e. The minimum absolute atomic E-state index is 0.0239. The van der Waals surface area contributed by atoms with E-state index in [0.29, 0.717) is 12.2 Å². The Hall–Kier alpha value is -1.81. The number of amides is 1. The molecule has 0 aromatic heterocycles. The van der Waals surface area contributed by atoms with Crippen molar-refractivity contribution in [2.24, 2.45) is 5.73 Å². The molecule has 80 valence electrons. The summed E-state index contributed by atoms with van der Waals surface area (Å²) in [5.41, 5.74) is 6.61. The van der Waals surface area contributed by atoms with Crippen LogP contribution in [-0.4, -0.2) is 11.0 Å². The predicted molar refractivity (Wildman–Crippen MR) is 59.4 cm³/mol. The number of phenols is 1. The summed E-state index contributed by atoms with van der Waals surface area (Å²) in [7, 11) is 0. The zero-order valence-corrected chi connectivity index (χ0v) is 8.53. The van der Waals surface area contributed by atoms with E-state index in [0.717, 1.165) is 5.56 Å². The number of hydrogen-bond acceptors (Lipinski definition) is 3. The zero-order chi connectivity index (χ0) is 11.3. The molecule has 0 aliphatic heterocycles. The lowest BCUT2D eigenvalue weighted by atomic mass is 10.2. The molecule has 1 aromatic carbocycles. The van der Waals surface area contributed by atoms with Gasteiger partial charge < -0.3 is 16.2 Å². The van der Waals surface area contributed by atoms with Gasteiger partial charge in [0.15, 0.2) is 0 Å². The number of anilines is 1. The third-order valence-corrected chi connectivity index (χ3v) is 1.87. The van der Waals surface area contributed by atoms with Crippen molar-refractivity contribution >= 4 is 11.6 Å². The molecule has 1 rings (SSSR count). The second-order valence-corrected chi connectivity index (χ2v) is 3.04. The fraction of sp³-hybridized carbons (Fsp3) is 0.182. The molecule has 0 spiro atoms. The Morgan fingerprint density at radius 2 is 2.33 bits per heavy atom. The number of phenolic OH excluding ortho intramolecular Hbond substituents is 1. The molecule has 0 saturated heterocycles. The average molecular weight is 206 g/mol. The van der Waals surface area contributed by atoms with Gasteiger partial charge in [-0.25, -0.2) is 0 Å². The number of nitrogens with two attached hydrogens (primary N) is 1. The van der Waals surface area contributed by atoms with Gasteiger partial charge in [-0.3, -0.25) is 4.79 Å². The largest absolute Gasteiger partial charge is 0.506 e. The quantitative estimate of drug-likeness (QED) is 0.516. The fourth-order valence-corrected chi connectivity index (χ4v) is 1.14. The Kier molecular flexibility index (Phi) is 3.88. The molecule has 1 aromatic rings. The molecule has 0 radical (unpaired) electrons. The van der Waals surface area contributed by atoms with E-state index in [2.05, 4.69) is 5.32 Å². The zero-order valence-electron chi connectivity index (χ0n) is 8.53. The van der Waals surface area contributed by atoms with E-state index in [-0.39, 0.29) is 11.7 Å². The normalized spacial score (nSPS) is 10.5. The van der Waals surface area contributed by atoms with Crippen molar-refractivity contribution in [1.29, 1.82) is 0 Å². The van der Waals surface area contributed by atoms with E-state index in [1.165, 1.54) is 12.1 Å². The molecule has 0 atom stereocenters. The van der Waals surface area contributed by atoms with Crippen LogP contribution in [0.3, 0.4) is 0 Å². The van der Waals surface area contributed by atoms with E-state index in [4.69, 9.17) is 5.73 Å². The molecule has 0 aliphatic carbocycles. The van der Waals surface area contributed by atoms with Gasteiger partial charge in [0.2, 0.25) is 5.91 Å². The highest BCUT2D eigenvalue weighted by Gasteiger charge is 2.03. The highest BCUT2D eigenvalue weighted by atomic mass is 16.3. The minimum atomic E-state index is -0.270. The Morgan fingerprint density at radius 1 is 1.60 bits per heavy atom. The first kappa shape index (κ1) is 11.3. The summed E-state index contributed by atoms with van der Waals surface area (Å²) < 4.78 is 0. The number of rotatable bonds is 3. The Morgan fingerprint density at radius 3 is 2.87 bits per heavy atom. The first-order valence-electron chi connectivity index (χ1n) is 4.63. The average Bonchev–Trinajstić information content (AvgIpc) is 2.21. The highest BCUT2D eigenvalue weighted by Crippen LogP contribution is 2.23. The van der Waals surface area contributed by atoms with E-state index in [9.17, 15) is 9.90 Å². The number of hydrogen-bond donors (Lipinski definition) is 3. The van der Waals surface area contributed by atoms with Crippen LogP contribution in [-0.2, 0) is 11.3 Å². The number of allylic oxidation sites excluding steroid dienone is 1. The SMILES string of the molecule is C/C=C/C(=O)Nc1ccc(CN)cc1O. The maximum atomic E-state index is 11.2. The molecule has 4 N–H and O–H groups in total. The molecule has 4 heteroatoms. The molecule has 0 heterocycles. The monoisotopic (exact) mass is 206 g/mol. The summed E-state index contributed by atoms with van der Waals surface area (Å²) in [6, 6.07) is 4.91. The van der Waals surface area contributed by atoms with Gasteiger partial charge >= 0.3 is 0 Å². The number of nitrogens with one attached hydrogen (secondary N) is 1. The second kappa shape index (κ2) is 5.17. The van der Waals surface area contributed by atoms with Crippen LogP contribution in [0.25, 0.3) is 0 Å². The summed E-state index contributed by atoms with van der Waals surface area (Å²) in [4.78, 5) is 11.2. The highest BCUT2D eigenvalue weighted by molar-refractivity contribution is 6.00. The summed E-state index contributed by atoms with van der Waals surface area (Å²) in [6.07, 6.45) is 3.01. The predicted octanol–water partition coefficient (Wildman–Crippen LogP) is 1.37. The van der Waals surface area contributed by atoms with Gasteiger partial charge in [0.05, 0.1) is 5.69 Å². The van der Waals surface area contributed by atoms with Crippen molar-refractivity contribution in [1.82, 2.24) is 0 Å². The third-order valence-electron chi connectivity index (χ3n) is 1.87. The Balaban J connectivity index is 2.82. The molecule has 15 heavy (non-hydrogen) atoms. The van der Waals surface area contributed by atoms with E-state index < -0.39 is 0 Å². The lowest BCUT2D eigenvalue weighted by molar-refractivity contribution is -0.111. The van der Waals surface area contributed by atoms with Crippen LogP contribution in [0, 0.1) is 0 Å². The van der Waals surface area contributed by atoms with Gasteiger partial charge in [-0.05, 0) is 30.7 Å². The maximum absolute atomic E-state index is 11.2. The molecule has 0 saturated carbocycles. The van der Waals surface area contributed by atoms with Gasteiger partial charge in [0.25, 0.3) is 0 Å². The van der Waals surface area contributed by atoms with Gasteiger partial charge in [-0.1, -0.05) is 12.1 Å². The molecule has 0 aliphatic rings. The molecule has 0 unspecified atom stereocenters. The van der Waals surface area contributed by atoms with E-state index in [1.807, 2.05) is 0 Å². The summed E-state index contributed by atoms with van der Waals surface area (Å²) in [6.45, 7) is 2.10. The van der Waals surface area contributed by atoms with Crippen molar-refractivity contribution in [3.05, 3.63) is 35.9 Å². The van der Waals surface area contributed by atoms with Gasteiger partial charge in [-0.2, -0.15) is 0 Å². The van der Waals surface area contributed by atoms with Crippen LogP contribution in [0.15, 0.2) is 30.4 Å². The van der Waals surface area contributed by atoms with Crippen LogP contribution in [0.5, 0.6) is 5.75 Å². The van der Waals surface area contributed by atoms with Crippen molar-refractivity contribution < 1.29 is 9.90 Å². The van der Waals surface area contributed by atoms with Crippen LogP contribution in [0.2, 0.25) is 0 Å². The lowest BCUT2D eigenvalue weighted by Gasteiger charge is -2.06. The second-order valence-electron chi connectivity index (χ2n) is 3.04. The summed E-state index contributed by atoms with van der Waals surface area (Å²) in [5, 5.41) is 12.1. The minimum Gasteiger partial charge on any atom is -0.506 e. The van der Waals surface area contributed by atoms with Crippen LogP contribution in [0.4, 0.5) is 5.69 Å². The molecule has 4 nitrogen and oxygen atoms in total. The van der Waals surface area contributed by atoms with Gasteiger partial charge in [0.1, 0.15) is 5.75 Å². The number of carbonyl (C=O) groups is 1. The van der Waals surface area contributed by atoms with E-state index >= 15 is 0 Å². The lowest BCUT2D eigenvalue weighted by Crippen LogP contribution is -2.08. The fourth-order valence-electron chi connectivity index (χ4n) is 1.14. The summed E-state index contributed by atoms with van der Waals surface area (Å²) in [5.74, 6) is -0.246. The molecule has 0 bridgehead atoms. The molecular weight excluding hydrogens is 192 g/mol. The van der Waals surface area contributed by atoms with Crippen molar-refractivity contribution in [2.45, 2.75) is 13.5 Å². The third kappa shape index (κ3) is 3.11. The first-order chi connectivity index (χ1) is 7.17. The van der Waals surface area contributed by atoms with Crippen molar-refractivity contribution in [2.75, 3.05) is 5.32 Å². The van der Waals surface area contributed by atoms with Crippen LogP contribution >= 0.6 is 0 Å². The molecular formula is C11H14N2O2. The number of benzene rings is 1. The van der Waals surface area contributed by atoms with Crippen LogP contribution < -0.4 is 11.1 Å². The first-order valence-corrected chi connectivity index (χ1v) is 4.63. The van der Waals surface area contributed by atoms with Crippen molar-refractivity contribution in [3.8, 4) is 5.75 Å². The topological polar surface area (TPSA) is 75.4 Å². The Labute approximate surface area is 88.4 Å². The van der Waals surface area contributed by atoms with E-state index in [1.54, 1.807) is 25.1 Å². The van der Waals surface area contributed by atoms with Gasteiger partial charge in [-0.15, -0.1) is 0 Å². The summed E-state index contributed by atoms with van der Waals surface area (Å²) >= 11 is 0. The number of carbonyl (C=O) groups excluding carboxylic acids is 1. The van der Waals surface area contributed by atoms with Gasteiger partial charge in [0, 0.05) is 6.54 Å². The van der Waals surface area contributed by atoms with Crippen molar-refractivity contribution in [3.63, 3.8) is 0 Å². The molecule has 1 amide bonds.